The number of aromatic nitrogens is 2. The molecule has 102 valence electrons. The Morgan fingerprint density at radius 3 is 2.53 bits per heavy atom. The summed E-state index contributed by atoms with van der Waals surface area (Å²) in [4.78, 5) is 0. The van der Waals surface area contributed by atoms with Crippen LogP contribution in [-0.2, 0) is 6.42 Å². The highest BCUT2D eigenvalue weighted by molar-refractivity contribution is 7.15. The van der Waals surface area contributed by atoms with Crippen LogP contribution in [0.25, 0.3) is 0 Å². The number of ether oxygens (including phenoxy) is 2. The quantitative estimate of drug-likeness (QED) is 0.789. The van der Waals surface area contributed by atoms with Crippen LogP contribution in [0.4, 0.5) is 5.13 Å². The van der Waals surface area contributed by atoms with Gasteiger partial charge >= 0.3 is 0 Å². The maximum atomic E-state index is 5.65. The van der Waals surface area contributed by atoms with Crippen molar-refractivity contribution < 1.29 is 9.47 Å². The molecule has 1 heterocycles. The molecule has 0 radical (unpaired) electrons. The Labute approximate surface area is 116 Å². The van der Waals surface area contributed by atoms with E-state index in [9.17, 15) is 0 Å². The number of nitrogens with zero attached hydrogens (tertiary/aromatic N) is 2. The molecule has 5 nitrogen and oxygen atoms in total. The van der Waals surface area contributed by atoms with Crippen molar-refractivity contribution in [2.45, 2.75) is 12.8 Å². The van der Waals surface area contributed by atoms with Crippen molar-refractivity contribution >= 4 is 16.5 Å². The number of anilines is 1. The SMILES string of the molecule is CNc1nnc(CCCOc2ccc(OC)cc2)s1. The van der Waals surface area contributed by atoms with E-state index in [1.807, 2.05) is 31.3 Å². The Hall–Kier alpha value is -1.82. The summed E-state index contributed by atoms with van der Waals surface area (Å²) in [5, 5.41) is 12.9. The minimum atomic E-state index is 0.667. The molecule has 0 saturated heterocycles. The van der Waals surface area contributed by atoms with Crippen molar-refractivity contribution in [1.82, 2.24) is 10.2 Å². The van der Waals surface area contributed by atoms with E-state index in [0.717, 1.165) is 34.5 Å². The number of aryl methyl sites for hydroxylation is 1. The van der Waals surface area contributed by atoms with Crippen molar-refractivity contribution in [3.8, 4) is 11.5 Å². The fourth-order valence-electron chi connectivity index (χ4n) is 1.54. The molecule has 6 heteroatoms. The Balaban J connectivity index is 1.71. The first-order chi connectivity index (χ1) is 9.31. The molecule has 1 N–H and O–H groups in total. The smallest absolute Gasteiger partial charge is 0.205 e. The van der Waals surface area contributed by atoms with Gasteiger partial charge in [0.2, 0.25) is 5.13 Å². The first-order valence-corrected chi connectivity index (χ1v) is 6.90. The van der Waals surface area contributed by atoms with Crippen LogP contribution < -0.4 is 14.8 Å². The van der Waals surface area contributed by atoms with Crippen LogP contribution in [0.15, 0.2) is 24.3 Å². The summed E-state index contributed by atoms with van der Waals surface area (Å²) in [5.74, 6) is 1.69. The van der Waals surface area contributed by atoms with E-state index in [1.54, 1.807) is 18.4 Å². The van der Waals surface area contributed by atoms with Gasteiger partial charge in [0.05, 0.1) is 13.7 Å². The summed E-state index contributed by atoms with van der Waals surface area (Å²) >= 11 is 1.58. The lowest BCUT2D eigenvalue weighted by atomic mass is 10.3. The largest absolute Gasteiger partial charge is 0.497 e. The molecule has 0 aliphatic rings. The van der Waals surface area contributed by atoms with E-state index in [0.29, 0.717) is 6.61 Å². The van der Waals surface area contributed by atoms with Gasteiger partial charge in [0.1, 0.15) is 16.5 Å². The third-order valence-corrected chi connectivity index (χ3v) is 3.54. The van der Waals surface area contributed by atoms with Crippen LogP contribution >= 0.6 is 11.3 Å². The molecule has 19 heavy (non-hydrogen) atoms. The summed E-state index contributed by atoms with van der Waals surface area (Å²) in [6.07, 6.45) is 1.81. The monoisotopic (exact) mass is 279 g/mol. The van der Waals surface area contributed by atoms with Crippen molar-refractivity contribution in [3.63, 3.8) is 0 Å². The molecule has 2 aromatic rings. The van der Waals surface area contributed by atoms with E-state index >= 15 is 0 Å². The van der Waals surface area contributed by atoms with Crippen LogP contribution in [0.3, 0.4) is 0 Å². The van der Waals surface area contributed by atoms with E-state index in [2.05, 4.69) is 15.5 Å². The Kier molecular flexibility index (Phi) is 4.97. The Morgan fingerprint density at radius 1 is 1.16 bits per heavy atom. The molecule has 2 rings (SSSR count). The Morgan fingerprint density at radius 2 is 1.89 bits per heavy atom. The van der Waals surface area contributed by atoms with Crippen LogP contribution in [0.1, 0.15) is 11.4 Å². The van der Waals surface area contributed by atoms with Gasteiger partial charge in [-0.1, -0.05) is 11.3 Å². The average Bonchev–Trinajstić information content (AvgIpc) is 2.92. The topological polar surface area (TPSA) is 56.3 Å². The predicted molar refractivity (Wildman–Crippen MR) is 76.3 cm³/mol. The van der Waals surface area contributed by atoms with E-state index in [4.69, 9.17) is 9.47 Å². The summed E-state index contributed by atoms with van der Waals surface area (Å²) in [7, 11) is 3.49. The normalized spacial score (nSPS) is 10.2. The number of nitrogens with one attached hydrogen (secondary N) is 1. The maximum absolute atomic E-state index is 5.65. The van der Waals surface area contributed by atoms with Gasteiger partial charge in [-0.25, -0.2) is 0 Å². The lowest BCUT2D eigenvalue weighted by Crippen LogP contribution is -1.99. The second-order valence-corrected chi connectivity index (χ2v) is 4.94. The van der Waals surface area contributed by atoms with Gasteiger partial charge in [-0.05, 0) is 30.7 Å². The highest BCUT2D eigenvalue weighted by Gasteiger charge is 2.02. The highest BCUT2D eigenvalue weighted by atomic mass is 32.1. The zero-order valence-corrected chi connectivity index (χ0v) is 11.9. The lowest BCUT2D eigenvalue weighted by Gasteiger charge is -2.06. The summed E-state index contributed by atoms with van der Waals surface area (Å²) < 4.78 is 10.7. The lowest BCUT2D eigenvalue weighted by molar-refractivity contribution is 0.310. The third kappa shape index (κ3) is 4.10. The summed E-state index contributed by atoms with van der Waals surface area (Å²) in [5.41, 5.74) is 0. The molecule has 0 aliphatic heterocycles. The van der Waals surface area contributed by atoms with E-state index < -0.39 is 0 Å². The minimum Gasteiger partial charge on any atom is -0.497 e. The van der Waals surface area contributed by atoms with Crippen molar-refractivity contribution in [1.29, 1.82) is 0 Å². The molecule has 0 amide bonds. The standard InChI is InChI=1S/C13H17N3O2S/c1-14-13-16-15-12(19-13)4-3-9-18-11-7-5-10(17-2)6-8-11/h5-8H,3-4,9H2,1-2H3,(H,14,16). The third-order valence-electron chi connectivity index (χ3n) is 2.54. The highest BCUT2D eigenvalue weighted by Crippen LogP contribution is 2.18. The summed E-state index contributed by atoms with van der Waals surface area (Å²) in [6.45, 7) is 0.667. The number of rotatable bonds is 7. The molecule has 1 aromatic heterocycles. The predicted octanol–water partition coefficient (Wildman–Crippen LogP) is 2.60. The molecule has 1 aromatic carbocycles. The van der Waals surface area contributed by atoms with Crippen LogP contribution in [-0.4, -0.2) is 31.0 Å². The number of methoxy groups -OCH3 is 1. The zero-order chi connectivity index (χ0) is 13.5. The maximum Gasteiger partial charge on any atom is 0.205 e. The fourth-order valence-corrected chi connectivity index (χ4v) is 2.28. The van der Waals surface area contributed by atoms with Gasteiger partial charge in [-0.15, -0.1) is 10.2 Å². The number of hydrogen-bond acceptors (Lipinski definition) is 6. The molecule has 0 bridgehead atoms. The number of benzene rings is 1. The molecule has 0 atom stereocenters. The van der Waals surface area contributed by atoms with Crippen molar-refractivity contribution in [2.75, 3.05) is 26.1 Å². The summed E-state index contributed by atoms with van der Waals surface area (Å²) in [6, 6.07) is 7.59. The number of hydrogen-bond donors (Lipinski definition) is 1. The van der Waals surface area contributed by atoms with Crippen molar-refractivity contribution in [3.05, 3.63) is 29.3 Å². The van der Waals surface area contributed by atoms with Gasteiger partial charge in [0, 0.05) is 13.5 Å². The van der Waals surface area contributed by atoms with Gasteiger partial charge in [-0.3, -0.25) is 0 Å². The zero-order valence-electron chi connectivity index (χ0n) is 11.0. The second-order valence-electron chi connectivity index (χ2n) is 3.88. The molecule has 0 fully saturated rings. The van der Waals surface area contributed by atoms with Crippen LogP contribution in [0, 0.1) is 0 Å². The van der Waals surface area contributed by atoms with E-state index in [1.165, 1.54) is 0 Å². The molecule has 0 saturated carbocycles. The average molecular weight is 279 g/mol. The molecular weight excluding hydrogens is 262 g/mol. The molecule has 0 spiro atoms. The van der Waals surface area contributed by atoms with Gasteiger partial charge < -0.3 is 14.8 Å². The van der Waals surface area contributed by atoms with E-state index in [-0.39, 0.29) is 0 Å². The van der Waals surface area contributed by atoms with Crippen LogP contribution in [0.2, 0.25) is 0 Å². The first kappa shape index (κ1) is 13.6. The van der Waals surface area contributed by atoms with Crippen LogP contribution in [0.5, 0.6) is 11.5 Å². The Bertz CT molecular complexity index is 499. The van der Waals surface area contributed by atoms with Gasteiger partial charge in [-0.2, -0.15) is 0 Å². The molecular formula is C13H17N3O2S. The van der Waals surface area contributed by atoms with Gasteiger partial charge in [0.25, 0.3) is 0 Å². The van der Waals surface area contributed by atoms with Crippen molar-refractivity contribution in [2.24, 2.45) is 0 Å². The second kappa shape index (κ2) is 6.94. The molecule has 0 unspecified atom stereocenters. The first-order valence-electron chi connectivity index (χ1n) is 6.09. The minimum absolute atomic E-state index is 0.667. The molecule has 0 aliphatic carbocycles. The van der Waals surface area contributed by atoms with Gasteiger partial charge in [0.15, 0.2) is 0 Å². The fraction of sp³-hybridized carbons (Fsp3) is 0.385.